The molecule has 0 aliphatic rings. The molecule has 16 heavy (non-hydrogen) atoms. The molecule has 4 nitrogen and oxygen atoms in total. The van der Waals surface area contributed by atoms with E-state index in [1.54, 1.807) is 6.92 Å². The van der Waals surface area contributed by atoms with Gasteiger partial charge in [-0.15, -0.1) is 11.3 Å². The second-order valence-electron chi connectivity index (χ2n) is 3.47. The summed E-state index contributed by atoms with van der Waals surface area (Å²) in [4.78, 5) is 0.894. The highest BCUT2D eigenvalue weighted by Gasteiger charge is 2.09. The van der Waals surface area contributed by atoms with Gasteiger partial charge < -0.3 is 10.4 Å². The van der Waals surface area contributed by atoms with Gasteiger partial charge in [-0.25, -0.2) is 8.42 Å². The molecule has 0 aliphatic carbocycles. The Morgan fingerprint density at radius 3 is 2.88 bits per heavy atom. The summed E-state index contributed by atoms with van der Waals surface area (Å²) in [5.41, 5.74) is 0. The number of nitrogens with one attached hydrogen (secondary N) is 1. The molecule has 0 bridgehead atoms. The summed E-state index contributed by atoms with van der Waals surface area (Å²) in [6.45, 7) is 2.41. The van der Waals surface area contributed by atoms with Crippen LogP contribution in [0.4, 0.5) is 0 Å². The Labute approximate surface area is 100 Å². The fourth-order valence-electron chi connectivity index (χ4n) is 1.19. The Morgan fingerprint density at radius 1 is 1.56 bits per heavy atom. The smallest absolute Gasteiger partial charge is 0.151 e. The molecule has 1 unspecified atom stereocenters. The number of rotatable bonds is 7. The molecule has 92 valence electrons. The second-order valence-corrected chi connectivity index (χ2v) is 6.92. The molecular formula is C10H17NO3S2. The number of hydrogen-bond donors (Lipinski definition) is 2. The Hall–Kier alpha value is -0.430. The molecule has 1 heterocycles. The zero-order chi connectivity index (χ0) is 12.0. The van der Waals surface area contributed by atoms with E-state index in [0.717, 1.165) is 4.88 Å². The third-order valence-corrected chi connectivity index (χ3v) is 4.92. The summed E-state index contributed by atoms with van der Waals surface area (Å²) in [7, 11) is -2.91. The predicted molar refractivity (Wildman–Crippen MR) is 66.5 cm³/mol. The van der Waals surface area contributed by atoms with Gasteiger partial charge in [-0.1, -0.05) is 13.0 Å². The first kappa shape index (κ1) is 13.6. The maximum absolute atomic E-state index is 11.2. The maximum Gasteiger partial charge on any atom is 0.151 e. The van der Waals surface area contributed by atoms with Gasteiger partial charge in [0.15, 0.2) is 9.84 Å². The topological polar surface area (TPSA) is 66.4 Å². The monoisotopic (exact) mass is 263 g/mol. The number of thiophene rings is 1. The van der Waals surface area contributed by atoms with Crippen LogP contribution < -0.4 is 5.32 Å². The van der Waals surface area contributed by atoms with E-state index in [1.165, 1.54) is 11.3 Å². The molecule has 1 rings (SSSR count). The Balaban J connectivity index is 2.22. The maximum atomic E-state index is 11.2. The molecule has 0 fully saturated rings. The largest absolute Gasteiger partial charge is 0.386 e. The average molecular weight is 263 g/mol. The number of hydrogen-bond acceptors (Lipinski definition) is 5. The Morgan fingerprint density at radius 2 is 2.31 bits per heavy atom. The van der Waals surface area contributed by atoms with E-state index in [-0.39, 0.29) is 11.5 Å². The molecule has 1 atom stereocenters. The molecule has 0 spiro atoms. The molecule has 0 saturated carbocycles. The fourth-order valence-corrected chi connectivity index (χ4v) is 2.65. The number of sulfone groups is 1. The van der Waals surface area contributed by atoms with Gasteiger partial charge in [0.1, 0.15) is 6.10 Å². The van der Waals surface area contributed by atoms with E-state index in [1.807, 2.05) is 17.5 Å². The van der Waals surface area contributed by atoms with Crippen LogP contribution in [0.25, 0.3) is 0 Å². The normalized spacial score (nSPS) is 13.9. The van der Waals surface area contributed by atoms with Gasteiger partial charge in [-0.05, 0) is 11.4 Å². The number of aliphatic hydroxyl groups is 1. The molecule has 0 radical (unpaired) electrons. The standard InChI is InChI=1S/C10H17NO3S2/c1-2-16(13,14)7-5-11-8-9(12)10-4-3-6-15-10/h3-4,6,9,11-12H,2,5,7-8H2,1H3. The van der Waals surface area contributed by atoms with Crippen LogP contribution >= 0.6 is 11.3 Å². The summed E-state index contributed by atoms with van der Waals surface area (Å²) in [6.07, 6.45) is -0.552. The van der Waals surface area contributed by atoms with E-state index in [4.69, 9.17) is 0 Å². The van der Waals surface area contributed by atoms with E-state index in [9.17, 15) is 13.5 Å². The first-order valence-corrected chi connectivity index (χ1v) is 7.88. The third kappa shape index (κ3) is 4.61. The van der Waals surface area contributed by atoms with Crippen molar-refractivity contribution in [3.05, 3.63) is 22.4 Å². The van der Waals surface area contributed by atoms with Gasteiger partial charge in [0.05, 0.1) is 5.75 Å². The molecule has 1 aromatic rings. The fraction of sp³-hybridized carbons (Fsp3) is 0.600. The lowest BCUT2D eigenvalue weighted by molar-refractivity contribution is 0.179. The van der Waals surface area contributed by atoms with Crippen LogP contribution in [-0.2, 0) is 9.84 Å². The van der Waals surface area contributed by atoms with Crippen LogP contribution in [0.5, 0.6) is 0 Å². The van der Waals surface area contributed by atoms with Crippen LogP contribution in [0.15, 0.2) is 17.5 Å². The van der Waals surface area contributed by atoms with Gasteiger partial charge in [0.25, 0.3) is 0 Å². The highest BCUT2D eigenvalue weighted by molar-refractivity contribution is 7.91. The first-order chi connectivity index (χ1) is 7.55. The van der Waals surface area contributed by atoms with Gasteiger partial charge in [-0.3, -0.25) is 0 Å². The van der Waals surface area contributed by atoms with Crippen molar-refractivity contribution < 1.29 is 13.5 Å². The molecule has 0 aliphatic heterocycles. The van der Waals surface area contributed by atoms with Crippen LogP contribution in [0.3, 0.4) is 0 Å². The van der Waals surface area contributed by atoms with Crippen molar-refractivity contribution >= 4 is 21.2 Å². The van der Waals surface area contributed by atoms with Gasteiger partial charge in [-0.2, -0.15) is 0 Å². The third-order valence-electron chi connectivity index (χ3n) is 2.24. The second kappa shape index (κ2) is 6.34. The molecule has 0 amide bonds. The van der Waals surface area contributed by atoms with Crippen molar-refractivity contribution in [2.24, 2.45) is 0 Å². The van der Waals surface area contributed by atoms with Gasteiger partial charge in [0, 0.05) is 23.7 Å². The molecular weight excluding hydrogens is 246 g/mol. The summed E-state index contributed by atoms with van der Waals surface area (Å²) in [6, 6.07) is 3.74. The lowest BCUT2D eigenvalue weighted by atomic mass is 10.3. The van der Waals surface area contributed by atoms with Crippen LogP contribution in [-0.4, -0.2) is 38.1 Å². The van der Waals surface area contributed by atoms with Gasteiger partial charge >= 0.3 is 0 Å². The minimum absolute atomic E-state index is 0.126. The molecule has 2 N–H and O–H groups in total. The van der Waals surface area contributed by atoms with Gasteiger partial charge in [0.2, 0.25) is 0 Å². The summed E-state index contributed by atoms with van der Waals surface area (Å²) >= 11 is 1.49. The SMILES string of the molecule is CCS(=O)(=O)CCNCC(O)c1cccs1. The summed E-state index contributed by atoms with van der Waals surface area (Å²) < 4.78 is 22.3. The van der Waals surface area contributed by atoms with Crippen molar-refractivity contribution in [1.82, 2.24) is 5.32 Å². The van der Waals surface area contributed by atoms with Crippen molar-refractivity contribution in [3.8, 4) is 0 Å². The lowest BCUT2D eigenvalue weighted by Crippen LogP contribution is -2.27. The van der Waals surface area contributed by atoms with E-state index in [0.29, 0.717) is 13.1 Å². The Kier molecular flexibility index (Phi) is 5.40. The molecule has 0 saturated heterocycles. The molecule has 6 heteroatoms. The van der Waals surface area contributed by atoms with Crippen molar-refractivity contribution in [1.29, 1.82) is 0 Å². The highest BCUT2D eigenvalue weighted by Crippen LogP contribution is 2.17. The minimum atomic E-state index is -2.91. The van der Waals surface area contributed by atoms with E-state index < -0.39 is 15.9 Å². The minimum Gasteiger partial charge on any atom is -0.386 e. The van der Waals surface area contributed by atoms with E-state index in [2.05, 4.69) is 5.32 Å². The quantitative estimate of drug-likeness (QED) is 0.714. The van der Waals surface area contributed by atoms with Crippen LogP contribution in [0.1, 0.15) is 17.9 Å². The summed E-state index contributed by atoms with van der Waals surface area (Å²) in [5.74, 6) is 0.294. The van der Waals surface area contributed by atoms with Crippen molar-refractivity contribution in [3.63, 3.8) is 0 Å². The van der Waals surface area contributed by atoms with Crippen molar-refractivity contribution in [2.45, 2.75) is 13.0 Å². The van der Waals surface area contributed by atoms with Crippen molar-refractivity contribution in [2.75, 3.05) is 24.6 Å². The molecule has 0 aromatic carbocycles. The predicted octanol–water partition coefficient (Wildman–Crippen LogP) is 0.806. The number of aliphatic hydroxyl groups excluding tert-OH is 1. The zero-order valence-corrected chi connectivity index (χ0v) is 10.9. The van der Waals surface area contributed by atoms with Crippen LogP contribution in [0, 0.1) is 0 Å². The van der Waals surface area contributed by atoms with Crippen LogP contribution in [0.2, 0.25) is 0 Å². The Bertz CT molecular complexity index is 386. The lowest BCUT2D eigenvalue weighted by Gasteiger charge is -2.09. The summed E-state index contributed by atoms with van der Waals surface area (Å²) in [5, 5.41) is 14.5. The molecule has 1 aromatic heterocycles. The first-order valence-electron chi connectivity index (χ1n) is 5.18. The zero-order valence-electron chi connectivity index (χ0n) is 9.22. The van der Waals surface area contributed by atoms with E-state index >= 15 is 0 Å². The average Bonchev–Trinajstić information content (AvgIpc) is 2.77. The highest BCUT2D eigenvalue weighted by atomic mass is 32.2.